The van der Waals surface area contributed by atoms with Gasteiger partial charge in [-0.1, -0.05) is 48.4 Å². The van der Waals surface area contributed by atoms with Crippen LogP contribution in [0.15, 0.2) is 36.4 Å². The third-order valence-corrected chi connectivity index (χ3v) is 7.97. The first-order valence-electron chi connectivity index (χ1n) is 6.06. The van der Waals surface area contributed by atoms with Crippen LogP contribution in [0.1, 0.15) is 11.1 Å². The molecule has 0 aliphatic carbocycles. The summed E-state index contributed by atoms with van der Waals surface area (Å²) in [5.74, 6) is 0. The topological polar surface area (TPSA) is 0 Å². The van der Waals surface area contributed by atoms with Gasteiger partial charge in [0.25, 0.3) is 0 Å². The van der Waals surface area contributed by atoms with Crippen molar-refractivity contribution in [1.29, 1.82) is 0 Å². The summed E-state index contributed by atoms with van der Waals surface area (Å²) >= 11 is 12.3. The van der Waals surface area contributed by atoms with E-state index in [1.807, 2.05) is 12.1 Å². The molecule has 0 unspecified atom stereocenters. The molecule has 2 aromatic rings. The molecule has 0 nitrogen and oxygen atoms in total. The van der Waals surface area contributed by atoms with Crippen molar-refractivity contribution < 1.29 is 0 Å². The Hall–Kier alpha value is -0.763. The van der Waals surface area contributed by atoms with Crippen LogP contribution in [0, 0.1) is 0 Å². The molecule has 2 aromatic carbocycles. The number of hydrogen-bond donors (Lipinski definition) is 0. The molecule has 0 atom stereocenters. The molecule has 0 amide bonds. The van der Waals surface area contributed by atoms with Gasteiger partial charge in [-0.05, 0) is 52.2 Å². The highest BCUT2D eigenvalue weighted by Crippen LogP contribution is 2.23. The number of fused-ring (bicyclic) bond motifs is 2. The van der Waals surface area contributed by atoms with Crippen molar-refractivity contribution in [1.82, 2.24) is 0 Å². The number of hydrogen-bond acceptors (Lipinski definition) is 0. The first-order valence-corrected chi connectivity index (χ1v) is 9.82. The minimum absolute atomic E-state index is 0.833. The van der Waals surface area contributed by atoms with Gasteiger partial charge in [0.05, 0.1) is 0 Å². The first kappa shape index (κ1) is 12.3. The highest BCUT2D eigenvalue weighted by molar-refractivity contribution is 7.01. The average Bonchev–Trinajstić information content (AvgIpc) is 2.32. The molecule has 18 heavy (non-hydrogen) atoms. The largest absolute Gasteiger partial charge is 0.113 e. The molecule has 3 rings (SSSR count). The summed E-state index contributed by atoms with van der Waals surface area (Å²) in [4.78, 5) is 0. The number of halogens is 2. The van der Waals surface area contributed by atoms with Gasteiger partial charge < -0.3 is 0 Å². The van der Waals surface area contributed by atoms with Gasteiger partial charge in [0, 0.05) is 10.0 Å². The van der Waals surface area contributed by atoms with E-state index in [9.17, 15) is 0 Å². The molecule has 92 valence electrons. The predicted molar refractivity (Wildman–Crippen MR) is 82.5 cm³/mol. The summed E-state index contributed by atoms with van der Waals surface area (Å²) in [7, 11) is -1.66. The maximum absolute atomic E-state index is 6.16. The molecule has 0 fully saturated rings. The fourth-order valence-corrected chi connectivity index (χ4v) is 6.72. The van der Waals surface area contributed by atoms with E-state index in [0.717, 1.165) is 16.5 Å². The molecule has 0 spiro atoms. The Morgan fingerprint density at radius 3 is 1.72 bits per heavy atom. The van der Waals surface area contributed by atoms with Crippen LogP contribution in [-0.4, -0.2) is 8.07 Å². The molecular formula is C15H14Cl2Si. The van der Waals surface area contributed by atoms with Crippen molar-refractivity contribution in [2.45, 2.75) is 19.5 Å². The highest BCUT2D eigenvalue weighted by atomic mass is 35.5. The van der Waals surface area contributed by atoms with E-state index in [1.165, 1.54) is 21.5 Å². The minimum atomic E-state index is -1.66. The van der Waals surface area contributed by atoms with Crippen molar-refractivity contribution >= 4 is 41.6 Å². The zero-order chi connectivity index (χ0) is 12.9. The Morgan fingerprint density at radius 1 is 0.833 bits per heavy atom. The maximum Gasteiger partial charge on any atom is 0.113 e. The molecule has 0 saturated carbocycles. The minimum Gasteiger partial charge on any atom is -0.0843 e. The zero-order valence-corrected chi connectivity index (χ0v) is 12.9. The zero-order valence-electron chi connectivity index (χ0n) is 10.4. The molecule has 0 radical (unpaired) electrons. The van der Waals surface area contributed by atoms with E-state index in [4.69, 9.17) is 23.2 Å². The number of rotatable bonds is 0. The van der Waals surface area contributed by atoms with Gasteiger partial charge in [0.1, 0.15) is 8.07 Å². The van der Waals surface area contributed by atoms with E-state index in [1.54, 1.807) is 0 Å². The fraction of sp³-hybridized carbons (Fsp3) is 0.200. The van der Waals surface area contributed by atoms with Crippen molar-refractivity contribution in [3.05, 3.63) is 57.6 Å². The van der Waals surface area contributed by atoms with Crippen LogP contribution in [0.25, 0.3) is 0 Å². The Labute approximate surface area is 119 Å². The summed E-state index contributed by atoms with van der Waals surface area (Å²) < 4.78 is 0. The average molecular weight is 293 g/mol. The van der Waals surface area contributed by atoms with Gasteiger partial charge in [-0.3, -0.25) is 0 Å². The van der Waals surface area contributed by atoms with Crippen LogP contribution in [0.4, 0.5) is 0 Å². The molecule has 0 aromatic heterocycles. The van der Waals surface area contributed by atoms with Gasteiger partial charge in [-0.2, -0.15) is 0 Å². The Kier molecular flexibility index (Phi) is 2.81. The Bertz CT molecular complexity index is 579. The SMILES string of the molecule is C[Si]1(C)c2cc(Cl)ccc2Cc2ccc(Cl)cc21. The summed E-state index contributed by atoms with van der Waals surface area (Å²) in [6.45, 7) is 4.74. The second-order valence-electron chi connectivity index (χ2n) is 5.40. The first-order chi connectivity index (χ1) is 8.48. The van der Waals surface area contributed by atoms with Gasteiger partial charge in [-0.15, -0.1) is 0 Å². The lowest BCUT2D eigenvalue weighted by atomic mass is 10.0. The lowest BCUT2D eigenvalue weighted by molar-refractivity contribution is 1.20. The lowest BCUT2D eigenvalue weighted by Gasteiger charge is -2.33. The molecular weight excluding hydrogens is 279 g/mol. The van der Waals surface area contributed by atoms with E-state index in [0.29, 0.717) is 0 Å². The molecule has 1 aliphatic rings. The molecule has 1 aliphatic heterocycles. The molecule has 0 saturated heterocycles. The van der Waals surface area contributed by atoms with E-state index in [-0.39, 0.29) is 0 Å². The van der Waals surface area contributed by atoms with Crippen molar-refractivity contribution in [2.24, 2.45) is 0 Å². The second kappa shape index (κ2) is 4.12. The van der Waals surface area contributed by atoms with E-state index < -0.39 is 8.07 Å². The fourth-order valence-electron chi connectivity index (χ4n) is 2.92. The number of benzene rings is 2. The lowest BCUT2D eigenvalue weighted by Crippen LogP contribution is -2.58. The molecule has 0 N–H and O–H groups in total. The standard InChI is InChI=1S/C15H14Cl2Si/c1-18(2)14-8-12(16)5-3-10(14)7-11-4-6-13(17)9-15(11)18/h3-6,8-9H,7H2,1-2H3. The van der Waals surface area contributed by atoms with Crippen molar-refractivity contribution in [2.75, 3.05) is 0 Å². The summed E-state index contributed by atoms with van der Waals surface area (Å²) in [5.41, 5.74) is 2.84. The normalized spacial score (nSPS) is 16.0. The van der Waals surface area contributed by atoms with E-state index in [2.05, 4.69) is 37.4 Å². The Balaban J connectivity index is 2.27. The molecule has 0 bridgehead atoms. The van der Waals surface area contributed by atoms with E-state index >= 15 is 0 Å². The third kappa shape index (κ3) is 1.82. The van der Waals surface area contributed by atoms with Crippen molar-refractivity contribution in [3.63, 3.8) is 0 Å². The maximum atomic E-state index is 6.16. The van der Waals surface area contributed by atoms with Crippen LogP contribution >= 0.6 is 23.2 Å². The second-order valence-corrected chi connectivity index (χ2v) is 10.6. The van der Waals surface area contributed by atoms with Gasteiger partial charge in [-0.25, -0.2) is 0 Å². The van der Waals surface area contributed by atoms with Gasteiger partial charge in [0.15, 0.2) is 0 Å². The third-order valence-electron chi connectivity index (χ3n) is 3.87. The van der Waals surface area contributed by atoms with Crippen LogP contribution in [0.2, 0.25) is 23.1 Å². The highest BCUT2D eigenvalue weighted by Gasteiger charge is 2.34. The van der Waals surface area contributed by atoms with Crippen LogP contribution < -0.4 is 10.4 Å². The smallest absolute Gasteiger partial charge is 0.0843 e. The van der Waals surface area contributed by atoms with Crippen molar-refractivity contribution in [3.8, 4) is 0 Å². The van der Waals surface area contributed by atoms with Crippen LogP contribution in [0.5, 0.6) is 0 Å². The van der Waals surface area contributed by atoms with Crippen LogP contribution in [0.3, 0.4) is 0 Å². The molecule has 1 heterocycles. The summed E-state index contributed by atoms with van der Waals surface area (Å²) in [6, 6.07) is 12.6. The Morgan fingerprint density at radius 2 is 1.28 bits per heavy atom. The van der Waals surface area contributed by atoms with Gasteiger partial charge >= 0.3 is 0 Å². The van der Waals surface area contributed by atoms with Crippen LogP contribution in [-0.2, 0) is 6.42 Å². The summed E-state index contributed by atoms with van der Waals surface area (Å²) in [5, 5.41) is 4.56. The predicted octanol–water partition coefficient (Wildman–Crippen LogP) is 3.72. The summed E-state index contributed by atoms with van der Waals surface area (Å²) in [6.07, 6.45) is 0.995. The van der Waals surface area contributed by atoms with Gasteiger partial charge in [0.2, 0.25) is 0 Å². The quantitative estimate of drug-likeness (QED) is 0.649. The monoisotopic (exact) mass is 292 g/mol. The molecule has 3 heteroatoms.